The minimum absolute atomic E-state index is 0.104. The van der Waals surface area contributed by atoms with E-state index in [-0.39, 0.29) is 37.9 Å². The molecule has 0 aliphatic carbocycles. The molecule has 0 radical (unpaired) electrons. The summed E-state index contributed by atoms with van der Waals surface area (Å²) >= 11 is 0. The van der Waals surface area contributed by atoms with Crippen LogP contribution in [0.15, 0.2) is 18.2 Å². The van der Waals surface area contributed by atoms with E-state index in [1.165, 1.54) is 11.0 Å². The maximum Gasteiger partial charge on any atom is 0.416 e. The van der Waals surface area contributed by atoms with Crippen LogP contribution in [0.25, 0.3) is 0 Å². The summed E-state index contributed by atoms with van der Waals surface area (Å²) in [5, 5.41) is 9.07. The van der Waals surface area contributed by atoms with E-state index in [2.05, 4.69) is 5.92 Å². The molecule has 2 heterocycles. The third-order valence-corrected chi connectivity index (χ3v) is 5.37. The summed E-state index contributed by atoms with van der Waals surface area (Å²) in [7, 11) is 0. The zero-order chi connectivity index (χ0) is 21.0. The SMILES string of the molecule is C#CCOC1CCN(c2cccc(C(F)(F)F)c2CN2CCN(C(=O)O)CC2)C1. The van der Waals surface area contributed by atoms with Gasteiger partial charge in [0, 0.05) is 57.1 Å². The summed E-state index contributed by atoms with van der Waals surface area (Å²) in [6, 6.07) is 4.25. The smallest absolute Gasteiger partial charge is 0.416 e. The van der Waals surface area contributed by atoms with Crippen molar-refractivity contribution in [2.45, 2.75) is 25.2 Å². The van der Waals surface area contributed by atoms with Crippen LogP contribution in [0, 0.1) is 12.3 Å². The number of amides is 1. The highest BCUT2D eigenvalue weighted by Crippen LogP contribution is 2.38. The highest BCUT2D eigenvalue weighted by atomic mass is 19.4. The van der Waals surface area contributed by atoms with Gasteiger partial charge >= 0.3 is 12.3 Å². The zero-order valence-electron chi connectivity index (χ0n) is 16.0. The van der Waals surface area contributed by atoms with Crippen LogP contribution in [0.3, 0.4) is 0 Å². The molecule has 1 N–H and O–H groups in total. The quantitative estimate of drug-likeness (QED) is 0.756. The number of benzene rings is 1. The average Bonchev–Trinajstić information content (AvgIpc) is 3.15. The summed E-state index contributed by atoms with van der Waals surface area (Å²) < 4.78 is 46.7. The molecule has 3 rings (SSSR count). The molecule has 1 aromatic carbocycles. The van der Waals surface area contributed by atoms with E-state index >= 15 is 0 Å². The number of piperazine rings is 1. The number of rotatable bonds is 5. The molecule has 0 aromatic heterocycles. The number of anilines is 1. The van der Waals surface area contributed by atoms with Gasteiger partial charge in [0.1, 0.15) is 6.61 Å². The lowest BCUT2D eigenvalue weighted by atomic mass is 10.0. The third kappa shape index (κ3) is 5.14. The van der Waals surface area contributed by atoms with Gasteiger partial charge in [-0.15, -0.1) is 6.42 Å². The first-order valence-corrected chi connectivity index (χ1v) is 9.49. The van der Waals surface area contributed by atoms with E-state index in [1.54, 1.807) is 6.07 Å². The number of hydrogen-bond donors (Lipinski definition) is 1. The van der Waals surface area contributed by atoms with Crippen molar-refractivity contribution in [3.8, 4) is 12.3 Å². The molecular formula is C20H24F3N3O3. The molecule has 1 unspecified atom stereocenters. The predicted molar refractivity (Wildman–Crippen MR) is 102 cm³/mol. The summed E-state index contributed by atoms with van der Waals surface area (Å²) in [4.78, 5) is 16.1. The molecule has 1 aromatic rings. The van der Waals surface area contributed by atoms with Gasteiger partial charge < -0.3 is 19.6 Å². The van der Waals surface area contributed by atoms with Crippen molar-refractivity contribution in [1.29, 1.82) is 0 Å². The monoisotopic (exact) mass is 411 g/mol. The van der Waals surface area contributed by atoms with Crippen molar-refractivity contribution in [2.75, 3.05) is 50.8 Å². The van der Waals surface area contributed by atoms with Crippen LogP contribution in [-0.2, 0) is 17.5 Å². The highest BCUT2D eigenvalue weighted by Gasteiger charge is 2.36. The van der Waals surface area contributed by atoms with Crippen molar-refractivity contribution in [3.63, 3.8) is 0 Å². The van der Waals surface area contributed by atoms with Gasteiger partial charge in [-0.3, -0.25) is 4.90 Å². The Balaban J connectivity index is 1.81. The second-order valence-corrected chi connectivity index (χ2v) is 7.22. The third-order valence-electron chi connectivity index (χ3n) is 5.37. The van der Waals surface area contributed by atoms with E-state index in [0.29, 0.717) is 38.3 Å². The Morgan fingerprint density at radius 1 is 1.24 bits per heavy atom. The van der Waals surface area contributed by atoms with Gasteiger partial charge in [-0.25, -0.2) is 4.79 Å². The van der Waals surface area contributed by atoms with Crippen LogP contribution in [0.5, 0.6) is 0 Å². The van der Waals surface area contributed by atoms with Gasteiger partial charge in [-0.1, -0.05) is 12.0 Å². The lowest BCUT2D eigenvalue weighted by Gasteiger charge is -2.34. The Morgan fingerprint density at radius 3 is 2.59 bits per heavy atom. The number of nitrogens with zero attached hydrogens (tertiary/aromatic N) is 3. The Bertz CT molecular complexity index is 770. The molecule has 2 aliphatic heterocycles. The lowest BCUT2D eigenvalue weighted by molar-refractivity contribution is -0.138. The Labute approximate surface area is 167 Å². The van der Waals surface area contributed by atoms with E-state index in [0.717, 1.165) is 6.07 Å². The van der Waals surface area contributed by atoms with E-state index in [4.69, 9.17) is 16.3 Å². The molecule has 29 heavy (non-hydrogen) atoms. The zero-order valence-corrected chi connectivity index (χ0v) is 16.0. The van der Waals surface area contributed by atoms with Crippen LogP contribution in [0.4, 0.5) is 23.7 Å². The maximum atomic E-state index is 13.7. The number of hydrogen-bond acceptors (Lipinski definition) is 4. The standard InChI is InChI=1S/C20H24F3N3O3/c1-2-12-29-15-6-7-26(13-15)18-5-3-4-17(20(21,22)23)16(18)14-24-8-10-25(11-9-24)19(27)28/h1,3-5,15H,6-14H2,(H,27,28). The molecule has 9 heteroatoms. The number of terminal acetylenes is 1. The lowest BCUT2D eigenvalue weighted by Crippen LogP contribution is -2.48. The first kappa shape index (κ1) is 21.3. The largest absolute Gasteiger partial charge is 0.465 e. The molecule has 0 bridgehead atoms. The van der Waals surface area contributed by atoms with Crippen molar-refractivity contribution in [2.24, 2.45) is 0 Å². The fraction of sp³-hybridized carbons (Fsp3) is 0.550. The molecule has 0 saturated carbocycles. The minimum atomic E-state index is -4.46. The molecule has 158 valence electrons. The minimum Gasteiger partial charge on any atom is -0.465 e. The van der Waals surface area contributed by atoms with Crippen molar-refractivity contribution < 1.29 is 27.8 Å². The fourth-order valence-corrected chi connectivity index (χ4v) is 3.87. The van der Waals surface area contributed by atoms with Crippen molar-refractivity contribution >= 4 is 11.8 Å². The van der Waals surface area contributed by atoms with Gasteiger partial charge in [0.25, 0.3) is 0 Å². The van der Waals surface area contributed by atoms with Crippen LogP contribution in [0.1, 0.15) is 17.5 Å². The Hall–Kier alpha value is -2.44. The summed E-state index contributed by atoms with van der Waals surface area (Å²) in [6.45, 7) is 2.73. The second kappa shape index (κ2) is 8.93. The summed E-state index contributed by atoms with van der Waals surface area (Å²) in [5.74, 6) is 2.41. The van der Waals surface area contributed by atoms with Gasteiger partial charge in [-0.05, 0) is 18.6 Å². The van der Waals surface area contributed by atoms with Crippen molar-refractivity contribution in [3.05, 3.63) is 29.3 Å². The molecule has 2 saturated heterocycles. The van der Waals surface area contributed by atoms with Crippen LogP contribution < -0.4 is 4.90 Å². The van der Waals surface area contributed by atoms with Gasteiger partial charge in [-0.2, -0.15) is 13.2 Å². The predicted octanol–water partition coefficient (Wildman–Crippen LogP) is 2.73. The molecule has 1 atom stereocenters. The van der Waals surface area contributed by atoms with Gasteiger partial charge in [0.15, 0.2) is 0 Å². The molecular weight excluding hydrogens is 387 g/mol. The fourth-order valence-electron chi connectivity index (χ4n) is 3.87. The van der Waals surface area contributed by atoms with Crippen LogP contribution in [0.2, 0.25) is 0 Å². The summed E-state index contributed by atoms with van der Waals surface area (Å²) in [6.07, 6.45) is 0.348. The number of carbonyl (C=O) groups is 1. The first-order chi connectivity index (χ1) is 13.8. The van der Waals surface area contributed by atoms with E-state index in [9.17, 15) is 18.0 Å². The van der Waals surface area contributed by atoms with E-state index in [1.807, 2.05) is 9.80 Å². The molecule has 2 fully saturated rings. The molecule has 0 spiro atoms. The molecule has 6 nitrogen and oxygen atoms in total. The van der Waals surface area contributed by atoms with Crippen LogP contribution in [-0.4, -0.2) is 73.0 Å². The highest BCUT2D eigenvalue weighted by molar-refractivity contribution is 5.65. The maximum absolute atomic E-state index is 13.7. The van der Waals surface area contributed by atoms with Crippen molar-refractivity contribution in [1.82, 2.24) is 9.80 Å². The number of ether oxygens (including phenoxy) is 1. The van der Waals surface area contributed by atoms with Gasteiger partial charge in [0.05, 0.1) is 11.7 Å². The Kier molecular flexibility index (Phi) is 6.55. The van der Waals surface area contributed by atoms with Crippen LogP contribution >= 0.6 is 0 Å². The van der Waals surface area contributed by atoms with Gasteiger partial charge in [0.2, 0.25) is 0 Å². The number of carboxylic acid groups (broad SMARTS) is 1. The van der Waals surface area contributed by atoms with E-state index < -0.39 is 17.8 Å². The number of alkyl halides is 3. The molecule has 1 amide bonds. The average molecular weight is 411 g/mol. The Morgan fingerprint density at radius 2 is 1.97 bits per heavy atom. The summed E-state index contributed by atoms with van der Waals surface area (Å²) in [5.41, 5.74) is 0.123. The second-order valence-electron chi connectivity index (χ2n) is 7.22. The topological polar surface area (TPSA) is 56.2 Å². The number of halogens is 3. The first-order valence-electron chi connectivity index (χ1n) is 9.49. The molecule has 2 aliphatic rings. The normalized spacial score (nSPS) is 20.7.